The second-order valence-corrected chi connectivity index (χ2v) is 6.62. The monoisotopic (exact) mass is 227 g/mol. The Bertz CT molecular complexity index is 281. The summed E-state index contributed by atoms with van der Waals surface area (Å²) in [6, 6.07) is 0. The van der Waals surface area contributed by atoms with Crippen molar-refractivity contribution in [2.45, 2.75) is 26.3 Å². The summed E-state index contributed by atoms with van der Waals surface area (Å²) in [5.41, 5.74) is 5.70. The molecule has 0 aromatic rings. The van der Waals surface area contributed by atoms with Crippen LogP contribution in [0, 0.1) is 0 Å². The number of fused-ring (bicyclic) bond motifs is 3. The fraction of sp³-hybridized carbons (Fsp3) is 0.917. The van der Waals surface area contributed by atoms with E-state index in [0.717, 1.165) is 24.1 Å². The van der Waals surface area contributed by atoms with E-state index in [-0.39, 0.29) is 5.91 Å². The van der Waals surface area contributed by atoms with Gasteiger partial charge < -0.3 is 14.7 Å². The van der Waals surface area contributed by atoms with Crippen LogP contribution in [0.15, 0.2) is 0 Å². The van der Waals surface area contributed by atoms with Crippen LogP contribution in [0.5, 0.6) is 0 Å². The quantitative estimate of drug-likeness (QED) is 0.659. The molecule has 2 N–H and O–H groups in total. The number of rotatable bonds is 2. The second-order valence-electron chi connectivity index (χ2n) is 6.62. The number of carbonyl (C=O) groups excluding carboxylic acids is 1. The van der Waals surface area contributed by atoms with E-state index in [0.29, 0.717) is 12.1 Å². The van der Waals surface area contributed by atoms with Crippen molar-refractivity contribution in [2.75, 3.05) is 45.8 Å². The van der Waals surface area contributed by atoms with Gasteiger partial charge in [-0.15, -0.1) is 0 Å². The lowest BCUT2D eigenvalue weighted by Crippen LogP contribution is -2.79. The SMILES string of the molecule is CC(C)(C)[N+]12CC[N+](CC(N)=O)(CC1)CC2. The van der Waals surface area contributed by atoms with Crippen LogP contribution in [0.4, 0.5) is 0 Å². The van der Waals surface area contributed by atoms with E-state index in [2.05, 4.69) is 20.8 Å². The van der Waals surface area contributed by atoms with Gasteiger partial charge in [-0.1, -0.05) is 0 Å². The summed E-state index contributed by atoms with van der Waals surface area (Å²) in [5, 5.41) is 0. The summed E-state index contributed by atoms with van der Waals surface area (Å²) in [5.74, 6) is -0.141. The van der Waals surface area contributed by atoms with Crippen molar-refractivity contribution in [1.82, 2.24) is 0 Å². The second kappa shape index (κ2) is 3.44. The number of piperazine rings is 3. The predicted octanol–water partition coefficient (Wildman–Crippen LogP) is -0.0690. The number of hydrogen-bond donors (Lipinski definition) is 1. The summed E-state index contributed by atoms with van der Waals surface area (Å²) in [6.45, 7) is 14.6. The van der Waals surface area contributed by atoms with Crippen LogP contribution in [-0.2, 0) is 4.79 Å². The van der Waals surface area contributed by atoms with E-state index in [1.54, 1.807) is 0 Å². The van der Waals surface area contributed by atoms with Gasteiger partial charge in [0, 0.05) is 0 Å². The molecule has 3 fully saturated rings. The Morgan fingerprint density at radius 3 is 1.81 bits per heavy atom. The zero-order valence-corrected chi connectivity index (χ0v) is 10.8. The van der Waals surface area contributed by atoms with Gasteiger partial charge in [-0.25, -0.2) is 0 Å². The number of carbonyl (C=O) groups is 1. The Balaban J connectivity index is 2.12. The molecular formula is C12H25N3O+2. The average Bonchev–Trinajstić information content (AvgIpc) is 2.17. The maximum atomic E-state index is 11.1. The van der Waals surface area contributed by atoms with E-state index in [1.165, 1.54) is 24.1 Å². The molecule has 0 atom stereocenters. The third kappa shape index (κ3) is 1.74. The van der Waals surface area contributed by atoms with Gasteiger partial charge in [-0.3, -0.25) is 4.79 Å². The maximum absolute atomic E-state index is 11.1. The van der Waals surface area contributed by atoms with Gasteiger partial charge >= 0.3 is 0 Å². The van der Waals surface area contributed by atoms with E-state index >= 15 is 0 Å². The molecule has 3 aliphatic heterocycles. The summed E-state index contributed by atoms with van der Waals surface area (Å²) >= 11 is 0. The Morgan fingerprint density at radius 2 is 1.50 bits per heavy atom. The fourth-order valence-corrected chi connectivity index (χ4v) is 3.46. The first-order valence-corrected chi connectivity index (χ1v) is 6.28. The van der Waals surface area contributed by atoms with Crippen LogP contribution in [0.3, 0.4) is 0 Å². The minimum atomic E-state index is -0.141. The first-order chi connectivity index (χ1) is 7.29. The average molecular weight is 227 g/mol. The van der Waals surface area contributed by atoms with Crippen molar-refractivity contribution < 1.29 is 13.8 Å². The highest BCUT2D eigenvalue weighted by Crippen LogP contribution is 2.34. The molecule has 4 heteroatoms. The van der Waals surface area contributed by atoms with Crippen molar-refractivity contribution in [3.8, 4) is 0 Å². The normalized spacial score (nSPS) is 38.7. The van der Waals surface area contributed by atoms with Crippen molar-refractivity contribution in [1.29, 1.82) is 0 Å². The highest BCUT2D eigenvalue weighted by molar-refractivity contribution is 5.74. The zero-order chi connectivity index (χ0) is 12.0. The summed E-state index contributed by atoms with van der Waals surface area (Å²) < 4.78 is 2.18. The molecule has 0 radical (unpaired) electrons. The molecule has 3 saturated heterocycles. The minimum Gasteiger partial charge on any atom is -0.365 e. The largest absolute Gasteiger partial charge is 0.365 e. The summed E-state index contributed by atoms with van der Waals surface area (Å²) in [7, 11) is 0. The van der Waals surface area contributed by atoms with Crippen LogP contribution < -0.4 is 5.73 Å². The van der Waals surface area contributed by atoms with Gasteiger partial charge in [0.25, 0.3) is 5.91 Å². The van der Waals surface area contributed by atoms with Gasteiger partial charge in [0.15, 0.2) is 6.54 Å². The highest BCUT2D eigenvalue weighted by Gasteiger charge is 2.54. The first kappa shape index (κ1) is 11.9. The molecule has 92 valence electrons. The fourth-order valence-electron chi connectivity index (χ4n) is 3.46. The molecule has 0 aromatic heterocycles. The number of quaternary nitrogens is 2. The van der Waals surface area contributed by atoms with Gasteiger partial charge in [-0.2, -0.15) is 0 Å². The minimum absolute atomic E-state index is 0.141. The molecule has 16 heavy (non-hydrogen) atoms. The predicted molar refractivity (Wildman–Crippen MR) is 63.5 cm³/mol. The molecular weight excluding hydrogens is 202 g/mol. The molecule has 3 rings (SSSR count). The van der Waals surface area contributed by atoms with Gasteiger partial charge in [0.1, 0.15) is 39.3 Å². The van der Waals surface area contributed by atoms with Gasteiger partial charge in [-0.05, 0) is 20.8 Å². The van der Waals surface area contributed by atoms with E-state index in [4.69, 9.17) is 5.73 Å². The van der Waals surface area contributed by atoms with E-state index in [9.17, 15) is 4.79 Å². The first-order valence-electron chi connectivity index (χ1n) is 6.28. The maximum Gasteiger partial charge on any atom is 0.272 e. The number of amides is 1. The van der Waals surface area contributed by atoms with E-state index in [1.807, 2.05) is 0 Å². The van der Waals surface area contributed by atoms with E-state index < -0.39 is 0 Å². The number of nitrogens with two attached hydrogens (primary N) is 1. The molecule has 0 saturated carbocycles. The molecule has 1 amide bonds. The van der Waals surface area contributed by atoms with Crippen molar-refractivity contribution in [2.24, 2.45) is 5.73 Å². The third-order valence-corrected chi connectivity index (χ3v) is 4.92. The van der Waals surface area contributed by atoms with Crippen molar-refractivity contribution in [3.05, 3.63) is 0 Å². The van der Waals surface area contributed by atoms with Crippen LogP contribution >= 0.6 is 0 Å². The Kier molecular flexibility index (Phi) is 2.55. The highest BCUT2D eigenvalue weighted by atomic mass is 16.1. The molecule has 3 heterocycles. The standard InChI is InChI=1S/C12H24N3O/c1-12(2,3)15-7-4-14(5-8-15,6-9-15)10-11(13)16/h4-10H2,1-3H3,(H-,13,16)/q+1/p+1. The Labute approximate surface area is 98.2 Å². The summed E-state index contributed by atoms with van der Waals surface area (Å²) in [6.07, 6.45) is 0. The van der Waals surface area contributed by atoms with Crippen LogP contribution in [0.25, 0.3) is 0 Å². The van der Waals surface area contributed by atoms with Gasteiger partial charge in [0.05, 0.1) is 5.54 Å². The van der Waals surface area contributed by atoms with Crippen LogP contribution in [0.2, 0.25) is 0 Å². The third-order valence-electron chi connectivity index (χ3n) is 4.92. The molecule has 0 unspecified atom stereocenters. The topological polar surface area (TPSA) is 43.1 Å². The number of nitrogens with zero attached hydrogens (tertiary/aromatic N) is 2. The smallest absolute Gasteiger partial charge is 0.272 e. The Hall–Kier alpha value is -0.610. The molecule has 0 aliphatic carbocycles. The lowest BCUT2D eigenvalue weighted by atomic mass is 9.94. The van der Waals surface area contributed by atoms with Crippen LogP contribution in [-0.4, -0.2) is 66.2 Å². The zero-order valence-electron chi connectivity index (χ0n) is 10.8. The lowest BCUT2D eigenvalue weighted by molar-refractivity contribution is -1.10. The molecule has 4 nitrogen and oxygen atoms in total. The van der Waals surface area contributed by atoms with Crippen molar-refractivity contribution in [3.63, 3.8) is 0 Å². The van der Waals surface area contributed by atoms with Gasteiger partial charge in [0.2, 0.25) is 0 Å². The molecule has 2 bridgehead atoms. The number of hydrogen-bond acceptors (Lipinski definition) is 1. The van der Waals surface area contributed by atoms with Crippen LogP contribution in [0.1, 0.15) is 20.8 Å². The molecule has 0 spiro atoms. The van der Waals surface area contributed by atoms with Crippen molar-refractivity contribution >= 4 is 5.91 Å². The summed E-state index contributed by atoms with van der Waals surface area (Å²) in [4.78, 5) is 11.1. The number of primary amides is 1. The Morgan fingerprint density at radius 1 is 1.06 bits per heavy atom. The molecule has 3 aliphatic rings. The molecule has 0 aromatic carbocycles. The lowest BCUT2D eigenvalue weighted by Gasteiger charge is -2.60.